The highest BCUT2D eigenvalue weighted by molar-refractivity contribution is 7.09. The zero-order chi connectivity index (χ0) is 13.8. The molecule has 1 aromatic carbocycles. The van der Waals surface area contributed by atoms with Crippen molar-refractivity contribution >= 4 is 28.9 Å². The van der Waals surface area contributed by atoms with Gasteiger partial charge in [0.15, 0.2) is 0 Å². The molecule has 1 aromatic heterocycles. The molecule has 0 fully saturated rings. The van der Waals surface area contributed by atoms with E-state index in [2.05, 4.69) is 5.32 Å². The fourth-order valence-corrected chi connectivity index (χ4v) is 2.59. The third kappa shape index (κ3) is 3.76. The molecule has 19 heavy (non-hydrogen) atoms. The first kappa shape index (κ1) is 14.0. The van der Waals surface area contributed by atoms with E-state index in [-0.39, 0.29) is 5.02 Å². The SMILES string of the molecule is O=C(O)C(NCc1cccs1)c1cc(F)cc(Cl)c1. The molecule has 1 heterocycles. The Kier molecular flexibility index (Phi) is 4.52. The summed E-state index contributed by atoms with van der Waals surface area (Å²) < 4.78 is 13.3. The Balaban J connectivity index is 2.17. The maximum Gasteiger partial charge on any atom is 0.325 e. The molecule has 2 aromatic rings. The van der Waals surface area contributed by atoms with E-state index >= 15 is 0 Å². The first-order chi connectivity index (χ1) is 9.06. The van der Waals surface area contributed by atoms with Crippen molar-refractivity contribution in [2.75, 3.05) is 0 Å². The Hall–Kier alpha value is -1.43. The van der Waals surface area contributed by atoms with Crippen LogP contribution in [0.25, 0.3) is 0 Å². The topological polar surface area (TPSA) is 49.3 Å². The molecular formula is C13H11ClFNO2S. The second kappa shape index (κ2) is 6.14. The first-order valence-corrected chi connectivity index (χ1v) is 6.76. The van der Waals surface area contributed by atoms with Crippen molar-refractivity contribution in [2.45, 2.75) is 12.6 Å². The van der Waals surface area contributed by atoms with Crippen molar-refractivity contribution in [1.29, 1.82) is 0 Å². The standard InChI is InChI=1S/C13H11ClFNO2S/c14-9-4-8(5-10(15)6-9)12(13(17)18)16-7-11-2-1-3-19-11/h1-6,12,16H,7H2,(H,17,18). The maximum absolute atomic E-state index is 13.3. The Morgan fingerprint density at radius 2 is 2.26 bits per heavy atom. The number of halogens is 2. The summed E-state index contributed by atoms with van der Waals surface area (Å²) in [5.41, 5.74) is 0.300. The van der Waals surface area contributed by atoms with Crippen LogP contribution in [0.2, 0.25) is 5.02 Å². The molecule has 1 atom stereocenters. The molecule has 100 valence electrons. The highest BCUT2D eigenvalue weighted by Crippen LogP contribution is 2.21. The van der Waals surface area contributed by atoms with Crippen LogP contribution in [0.4, 0.5) is 4.39 Å². The Labute approximate surface area is 118 Å². The molecule has 3 nitrogen and oxygen atoms in total. The van der Waals surface area contributed by atoms with Crippen LogP contribution in [0.15, 0.2) is 35.7 Å². The van der Waals surface area contributed by atoms with Gasteiger partial charge >= 0.3 is 5.97 Å². The van der Waals surface area contributed by atoms with E-state index in [0.717, 1.165) is 10.9 Å². The highest BCUT2D eigenvalue weighted by Gasteiger charge is 2.20. The lowest BCUT2D eigenvalue weighted by atomic mass is 10.1. The predicted molar refractivity (Wildman–Crippen MR) is 72.9 cm³/mol. The van der Waals surface area contributed by atoms with E-state index in [4.69, 9.17) is 11.6 Å². The van der Waals surface area contributed by atoms with Gasteiger partial charge in [-0.1, -0.05) is 17.7 Å². The molecule has 2 N–H and O–H groups in total. The largest absolute Gasteiger partial charge is 0.480 e. The van der Waals surface area contributed by atoms with Gasteiger partial charge in [-0.3, -0.25) is 10.1 Å². The summed E-state index contributed by atoms with van der Waals surface area (Å²) in [6.07, 6.45) is 0. The lowest BCUT2D eigenvalue weighted by Crippen LogP contribution is -2.27. The van der Waals surface area contributed by atoms with Crippen molar-refractivity contribution in [3.63, 3.8) is 0 Å². The number of nitrogens with one attached hydrogen (secondary N) is 1. The van der Waals surface area contributed by atoms with Gasteiger partial charge in [0, 0.05) is 16.4 Å². The number of rotatable bonds is 5. The van der Waals surface area contributed by atoms with Crippen LogP contribution < -0.4 is 5.32 Å². The molecular weight excluding hydrogens is 289 g/mol. The second-order valence-corrected chi connectivity index (χ2v) is 5.40. The number of carboxylic acids is 1. The Bertz CT molecular complexity index is 554. The third-order valence-electron chi connectivity index (χ3n) is 2.53. The average molecular weight is 300 g/mol. The average Bonchev–Trinajstić information content (AvgIpc) is 2.80. The maximum atomic E-state index is 13.3. The normalized spacial score (nSPS) is 12.3. The van der Waals surface area contributed by atoms with Crippen molar-refractivity contribution in [2.24, 2.45) is 0 Å². The molecule has 0 spiro atoms. The minimum Gasteiger partial charge on any atom is -0.480 e. The lowest BCUT2D eigenvalue weighted by molar-refractivity contribution is -0.139. The van der Waals surface area contributed by atoms with Gasteiger partial charge in [-0.25, -0.2) is 4.39 Å². The molecule has 0 saturated carbocycles. The molecule has 6 heteroatoms. The van der Waals surface area contributed by atoms with Crippen molar-refractivity contribution in [3.05, 3.63) is 57.0 Å². The number of carbonyl (C=O) groups is 1. The first-order valence-electron chi connectivity index (χ1n) is 5.51. The van der Waals surface area contributed by atoms with Crippen LogP contribution in [0.3, 0.4) is 0 Å². The lowest BCUT2D eigenvalue weighted by Gasteiger charge is -2.14. The number of thiophene rings is 1. The van der Waals surface area contributed by atoms with Crippen LogP contribution in [0, 0.1) is 5.82 Å². The summed E-state index contributed by atoms with van der Waals surface area (Å²) in [4.78, 5) is 12.3. The van der Waals surface area contributed by atoms with E-state index in [0.29, 0.717) is 12.1 Å². The van der Waals surface area contributed by atoms with Crippen molar-refractivity contribution in [1.82, 2.24) is 5.32 Å². The molecule has 0 aliphatic carbocycles. The van der Waals surface area contributed by atoms with Crippen LogP contribution in [-0.2, 0) is 11.3 Å². The zero-order valence-electron chi connectivity index (χ0n) is 9.77. The molecule has 0 aliphatic rings. The monoisotopic (exact) mass is 299 g/mol. The molecule has 0 amide bonds. The second-order valence-electron chi connectivity index (χ2n) is 3.93. The van der Waals surface area contributed by atoms with Gasteiger partial charge < -0.3 is 5.11 Å². The van der Waals surface area contributed by atoms with Gasteiger partial charge in [-0.05, 0) is 35.2 Å². The number of carboxylic acid groups (broad SMARTS) is 1. The minimum atomic E-state index is -1.07. The van der Waals surface area contributed by atoms with E-state index in [9.17, 15) is 14.3 Å². The minimum absolute atomic E-state index is 0.180. The Morgan fingerprint density at radius 1 is 1.47 bits per heavy atom. The molecule has 0 aliphatic heterocycles. The van der Waals surface area contributed by atoms with E-state index in [1.807, 2.05) is 17.5 Å². The number of benzene rings is 1. The summed E-state index contributed by atoms with van der Waals surface area (Å²) in [5.74, 6) is -1.62. The fourth-order valence-electron chi connectivity index (χ4n) is 1.71. The van der Waals surface area contributed by atoms with Crippen LogP contribution in [0.5, 0.6) is 0 Å². The molecule has 0 saturated heterocycles. The van der Waals surface area contributed by atoms with E-state index in [1.54, 1.807) is 0 Å². The van der Waals surface area contributed by atoms with E-state index in [1.165, 1.54) is 23.5 Å². The quantitative estimate of drug-likeness (QED) is 0.889. The highest BCUT2D eigenvalue weighted by atomic mass is 35.5. The van der Waals surface area contributed by atoms with Gasteiger partial charge in [0.05, 0.1) is 0 Å². The number of aliphatic carboxylic acids is 1. The summed E-state index contributed by atoms with van der Waals surface area (Å²) in [6, 6.07) is 6.56. The van der Waals surface area contributed by atoms with Gasteiger partial charge in [0.25, 0.3) is 0 Å². The van der Waals surface area contributed by atoms with Crippen molar-refractivity contribution < 1.29 is 14.3 Å². The third-order valence-corrected chi connectivity index (χ3v) is 3.62. The summed E-state index contributed by atoms with van der Waals surface area (Å²) in [7, 11) is 0. The van der Waals surface area contributed by atoms with Gasteiger partial charge in [-0.2, -0.15) is 0 Å². The zero-order valence-corrected chi connectivity index (χ0v) is 11.3. The smallest absolute Gasteiger partial charge is 0.325 e. The summed E-state index contributed by atoms with van der Waals surface area (Å²) in [5, 5.41) is 14.2. The molecule has 0 radical (unpaired) electrons. The van der Waals surface area contributed by atoms with Crippen LogP contribution in [-0.4, -0.2) is 11.1 Å². The Morgan fingerprint density at radius 3 is 2.84 bits per heavy atom. The number of hydrogen-bond acceptors (Lipinski definition) is 3. The van der Waals surface area contributed by atoms with Crippen LogP contribution >= 0.6 is 22.9 Å². The fraction of sp³-hybridized carbons (Fsp3) is 0.154. The van der Waals surface area contributed by atoms with Gasteiger partial charge in [-0.15, -0.1) is 11.3 Å². The van der Waals surface area contributed by atoms with Crippen molar-refractivity contribution in [3.8, 4) is 0 Å². The molecule has 1 unspecified atom stereocenters. The van der Waals surface area contributed by atoms with Crippen LogP contribution in [0.1, 0.15) is 16.5 Å². The molecule has 2 rings (SSSR count). The summed E-state index contributed by atoms with van der Waals surface area (Å²) in [6.45, 7) is 0.406. The summed E-state index contributed by atoms with van der Waals surface area (Å²) >= 11 is 7.26. The van der Waals surface area contributed by atoms with Gasteiger partial charge in [0.1, 0.15) is 11.9 Å². The molecule has 0 bridgehead atoms. The predicted octanol–water partition coefficient (Wildman–Crippen LogP) is 3.46. The van der Waals surface area contributed by atoms with E-state index < -0.39 is 17.8 Å². The number of hydrogen-bond donors (Lipinski definition) is 2. The van der Waals surface area contributed by atoms with Gasteiger partial charge in [0.2, 0.25) is 0 Å².